The predicted octanol–water partition coefficient (Wildman–Crippen LogP) is 3.26. The highest BCUT2D eigenvalue weighted by Gasteiger charge is 2.78. The summed E-state index contributed by atoms with van der Waals surface area (Å²) in [6.07, 6.45) is -11.5. The second-order valence-corrected chi connectivity index (χ2v) is 17.6. The van der Waals surface area contributed by atoms with E-state index in [9.17, 15) is 44.4 Å². The smallest absolute Gasteiger partial charge is 0.408 e. The van der Waals surface area contributed by atoms with E-state index in [1.54, 1.807) is 83.1 Å². The van der Waals surface area contributed by atoms with E-state index in [4.69, 9.17) is 23.7 Å². The van der Waals surface area contributed by atoms with Gasteiger partial charge in [0.1, 0.15) is 35.6 Å². The van der Waals surface area contributed by atoms with Crippen molar-refractivity contribution in [2.75, 3.05) is 6.61 Å². The van der Waals surface area contributed by atoms with E-state index in [1.165, 1.54) is 26.0 Å². The second-order valence-electron chi connectivity index (χ2n) is 17.6. The lowest BCUT2D eigenvalue weighted by molar-refractivity contribution is -0.346. The summed E-state index contributed by atoms with van der Waals surface area (Å²) in [6, 6.07) is 14.6. The van der Waals surface area contributed by atoms with Crippen molar-refractivity contribution >= 4 is 29.8 Å². The van der Waals surface area contributed by atoms with Crippen molar-refractivity contribution < 1.29 is 68.1 Å². The number of Topliss-reactive ketones (excluding diaryl/α,β-unsaturated/α-hetero) is 1. The molecule has 11 atom stereocenters. The lowest BCUT2D eigenvalue weighted by Gasteiger charge is -2.67. The molecule has 2 aromatic rings. The van der Waals surface area contributed by atoms with E-state index in [1.807, 2.05) is 0 Å². The monoisotopic (exact) mass is 807 g/mol. The van der Waals surface area contributed by atoms with Crippen LogP contribution in [0.25, 0.3) is 0 Å². The van der Waals surface area contributed by atoms with Crippen LogP contribution < -0.4 is 5.32 Å². The molecule has 5 N–H and O–H groups in total. The van der Waals surface area contributed by atoms with Gasteiger partial charge in [-0.2, -0.15) is 0 Å². The third kappa shape index (κ3) is 7.10. The maximum absolute atomic E-state index is 14.9. The number of fused-ring (bicyclic) bond motifs is 5. The number of benzene rings is 2. The maximum atomic E-state index is 14.9. The first-order valence-corrected chi connectivity index (χ1v) is 19.3. The van der Waals surface area contributed by atoms with Crippen molar-refractivity contribution in [3.63, 3.8) is 0 Å². The number of ether oxygens (including phenoxy) is 5. The number of hydrogen-bond donors (Lipinski definition) is 5. The van der Waals surface area contributed by atoms with Gasteiger partial charge in [-0.15, -0.1) is 0 Å². The van der Waals surface area contributed by atoms with Crippen molar-refractivity contribution in [2.24, 2.45) is 16.7 Å². The minimum absolute atomic E-state index is 0.0637. The molecule has 58 heavy (non-hydrogen) atoms. The molecule has 0 radical (unpaired) electrons. The molecule has 0 aromatic heterocycles. The molecular formula is C43H53NO14. The molecule has 0 spiro atoms. The minimum atomic E-state index is -2.35. The first-order valence-electron chi connectivity index (χ1n) is 19.3. The fraction of sp³-hybridized carbons (Fsp3) is 0.558. The molecule has 1 aliphatic heterocycles. The standard InChI is InChI=1S/C43H53NO14/c1-22-26(55-37(51)32(48)30(24-15-11-9-12-16-24)44-38(52)58-39(3,4)5)20-43(53)35(56-36(50)25-17-13-10-14-18-25)33-41(8,34(49)31(47)29(22)40(43,6)7)27(46)19-28-42(33,21-54-28)57-23(2)45/h9-18,26-28,30-33,35,46-48,53H,19-21H2,1-8H3,(H,44,52)/t26-,27-,28-,30+,31-,32+,33+,35-,41-,42-,43-/m1/s1. The Morgan fingerprint density at radius 3 is 2.10 bits per heavy atom. The zero-order valence-corrected chi connectivity index (χ0v) is 33.9. The highest BCUT2D eigenvalue weighted by molar-refractivity contribution is 5.94. The normalized spacial score (nSPS) is 33.7. The molecule has 1 heterocycles. The van der Waals surface area contributed by atoms with Gasteiger partial charge in [0.25, 0.3) is 0 Å². The van der Waals surface area contributed by atoms with Gasteiger partial charge in [-0.1, -0.05) is 62.4 Å². The fourth-order valence-electron chi connectivity index (χ4n) is 9.56. The molecule has 15 heteroatoms. The van der Waals surface area contributed by atoms with Crippen molar-refractivity contribution in [1.29, 1.82) is 0 Å². The lowest BCUT2D eigenvalue weighted by atomic mass is 9.44. The largest absolute Gasteiger partial charge is 0.456 e. The van der Waals surface area contributed by atoms with Crippen LogP contribution in [-0.2, 0) is 38.1 Å². The Labute approximate surface area is 336 Å². The van der Waals surface area contributed by atoms with E-state index in [0.29, 0.717) is 5.56 Å². The topological polar surface area (TPSA) is 224 Å². The highest BCUT2D eigenvalue weighted by Crippen LogP contribution is 2.64. The average Bonchev–Trinajstić information content (AvgIpc) is 3.14. The van der Waals surface area contributed by atoms with Crippen LogP contribution in [0.15, 0.2) is 71.8 Å². The summed E-state index contributed by atoms with van der Waals surface area (Å²) in [5, 5.41) is 51.6. The molecule has 4 aliphatic rings. The number of aliphatic hydroxyl groups is 4. The predicted molar refractivity (Wildman–Crippen MR) is 204 cm³/mol. The Morgan fingerprint density at radius 1 is 0.948 bits per heavy atom. The second kappa shape index (κ2) is 15.2. The van der Waals surface area contributed by atoms with E-state index >= 15 is 0 Å². The van der Waals surface area contributed by atoms with Crippen molar-refractivity contribution in [1.82, 2.24) is 5.32 Å². The number of ketones is 1. The van der Waals surface area contributed by atoms with Crippen molar-refractivity contribution in [3.8, 4) is 0 Å². The molecule has 1 amide bonds. The van der Waals surface area contributed by atoms with Crippen molar-refractivity contribution in [2.45, 2.75) is 128 Å². The number of carbonyl (C=O) groups excluding carboxylic acids is 5. The van der Waals surface area contributed by atoms with Gasteiger partial charge in [0, 0.05) is 25.2 Å². The summed E-state index contributed by atoms with van der Waals surface area (Å²) in [4.78, 5) is 68.9. The molecule has 2 aromatic carbocycles. The quantitative estimate of drug-likeness (QED) is 0.147. The zero-order chi connectivity index (χ0) is 42.7. The van der Waals surface area contributed by atoms with Crippen LogP contribution in [-0.4, -0.2) is 110 Å². The maximum Gasteiger partial charge on any atom is 0.408 e. The molecule has 2 bridgehead atoms. The molecule has 3 fully saturated rings. The number of amides is 1. The van der Waals surface area contributed by atoms with Gasteiger partial charge in [-0.3, -0.25) is 9.59 Å². The first-order chi connectivity index (χ1) is 27.0. The van der Waals surface area contributed by atoms with Gasteiger partial charge in [0.15, 0.2) is 17.5 Å². The van der Waals surface area contributed by atoms with Crippen LogP contribution in [0.3, 0.4) is 0 Å². The summed E-state index contributed by atoms with van der Waals surface area (Å²) < 4.78 is 29.5. The van der Waals surface area contributed by atoms with Gasteiger partial charge >= 0.3 is 24.0 Å². The Kier molecular flexibility index (Phi) is 11.2. The number of hydrogen-bond acceptors (Lipinski definition) is 14. The van der Waals surface area contributed by atoms with Gasteiger partial charge in [0.05, 0.1) is 35.6 Å². The van der Waals surface area contributed by atoms with Crippen LogP contribution >= 0.6 is 0 Å². The minimum Gasteiger partial charge on any atom is -0.456 e. The Balaban J connectivity index is 1.49. The van der Waals surface area contributed by atoms with E-state index in [-0.39, 0.29) is 29.7 Å². The van der Waals surface area contributed by atoms with Crippen LogP contribution in [0.4, 0.5) is 4.79 Å². The van der Waals surface area contributed by atoms with Crippen LogP contribution in [0.2, 0.25) is 0 Å². The molecule has 2 saturated carbocycles. The molecule has 314 valence electrons. The number of alkyl carbamates (subject to hydrolysis) is 1. The van der Waals surface area contributed by atoms with Crippen LogP contribution in [0.1, 0.15) is 90.2 Å². The molecule has 0 unspecified atom stereocenters. The Bertz CT molecular complexity index is 1980. The van der Waals surface area contributed by atoms with E-state index < -0.39 is 112 Å². The van der Waals surface area contributed by atoms with Gasteiger partial charge < -0.3 is 49.4 Å². The SMILES string of the molecule is CC(=O)O[C@]12CO[C@@H]1C[C@@H](O)[C@@]1(C)C(=O)[C@H](O)C3=C(C)[C@H](OC(=O)[C@@H](O)[C@@H](NC(=O)OC(C)(C)C)c4ccccc4)C[C@@](O)([C@H](OC(=O)c4ccccc4)[C@H]21)C3(C)C. The zero-order valence-electron chi connectivity index (χ0n) is 33.9. The van der Waals surface area contributed by atoms with E-state index in [2.05, 4.69) is 5.32 Å². The molecule has 6 rings (SSSR count). The number of esters is 3. The summed E-state index contributed by atoms with van der Waals surface area (Å²) >= 11 is 0. The van der Waals surface area contributed by atoms with Gasteiger partial charge in [-0.25, -0.2) is 14.4 Å². The van der Waals surface area contributed by atoms with Crippen LogP contribution in [0.5, 0.6) is 0 Å². The third-order valence-electron chi connectivity index (χ3n) is 12.6. The molecule has 1 saturated heterocycles. The third-order valence-corrected chi connectivity index (χ3v) is 12.6. The van der Waals surface area contributed by atoms with E-state index in [0.717, 1.165) is 6.92 Å². The van der Waals surface area contributed by atoms with Crippen LogP contribution in [0, 0.1) is 16.7 Å². The fourth-order valence-corrected chi connectivity index (χ4v) is 9.56. The summed E-state index contributed by atoms with van der Waals surface area (Å²) in [5.41, 5.74) is -8.14. The number of carbonyl (C=O) groups is 5. The Hall–Kier alpha value is -4.67. The highest BCUT2D eigenvalue weighted by atomic mass is 16.6. The summed E-state index contributed by atoms with van der Waals surface area (Å²) in [5.74, 6) is -5.36. The molecule has 15 nitrogen and oxygen atoms in total. The first kappa shape index (κ1) is 42.9. The summed E-state index contributed by atoms with van der Waals surface area (Å²) in [7, 11) is 0. The van der Waals surface area contributed by atoms with Gasteiger partial charge in [-0.05, 0) is 63.5 Å². The number of rotatable bonds is 8. The number of nitrogens with one attached hydrogen (secondary N) is 1. The van der Waals surface area contributed by atoms with Crippen molar-refractivity contribution in [3.05, 3.63) is 82.9 Å². The lowest BCUT2D eigenvalue weighted by Crippen LogP contribution is -2.81. The molecular weight excluding hydrogens is 754 g/mol. The van der Waals surface area contributed by atoms with Gasteiger partial charge in [0.2, 0.25) is 0 Å². The number of aliphatic hydroxyl groups excluding tert-OH is 3. The average molecular weight is 808 g/mol. The summed E-state index contributed by atoms with van der Waals surface area (Å²) in [6.45, 7) is 11.8. The molecule has 3 aliphatic carbocycles. The Morgan fingerprint density at radius 2 is 1.55 bits per heavy atom.